The van der Waals surface area contributed by atoms with Crippen LogP contribution in [-0.2, 0) is 4.79 Å². The molecule has 0 unspecified atom stereocenters. The molecule has 4 aliphatic rings. The molecule has 0 saturated carbocycles. The zero-order valence-electron chi connectivity index (χ0n) is 10.7. The van der Waals surface area contributed by atoms with Crippen LogP contribution in [0, 0.1) is 0 Å². The van der Waals surface area contributed by atoms with Crippen molar-refractivity contribution in [2.75, 3.05) is 46.6 Å². The third kappa shape index (κ3) is 4.97. The molecule has 7 heteroatoms. The molecular weight excluding hydrogens is 222 g/mol. The van der Waals surface area contributed by atoms with Gasteiger partial charge in [0.15, 0.2) is 0 Å². The molecule has 4 fully saturated rings. The molecular formula is C10H23N5O2. The minimum Gasteiger partial charge on any atom is -0.397 e. The average Bonchev–Trinajstić information content (AvgIpc) is 2.14. The topological polar surface area (TPSA) is 76.3 Å². The largest absolute Gasteiger partial charge is 0.397 e. The Bertz CT molecular complexity index is 188. The number of nitrogens with two attached hydrogens (primary N) is 1. The van der Waals surface area contributed by atoms with E-state index >= 15 is 0 Å². The molecule has 3 N–H and O–H groups in total. The maximum atomic E-state index is 9.22. The summed E-state index contributed by atoms with van der Waals surface area (Å²) in [6.07, 6.45) is 0. The van der Waals surface area contributed by atoms with E-state index in [1.165, 1.54) is 46.9 Å². The van der Waals surface area contributed by atoms with Gasteiger partial charge >= 0.3 is 0 Å². The Hall–Kier alpha value is -0.730. The van der Waals surface area contributed by atoms with Crippen molar-refractivity contribution in [3.05, 3.63) is 0 Å². The van der Waals surface area contributed by atoms with Crippen molar-refractivity contribution < 1.29 is 9.90 Å². The quantitative estimate of drug-likeness (QED) is 0.539. The molecule has 100 valence electrons. The Labute approximate surface area is 102 Å². The highest BCUT2D eigenvalue weighted by molar-refractivity contribution is 5.70. The molecule has 0 aromatic heterocycles. The van der Waals surface area contributed by atoms with Crippen LogP contribution in [0.4, 0.5) is 0 Å². The van der Waals surface area contributed by atoms with Gasteiger partial charge in [0, 0.05) is 13.5 Å². The average molecular weight is 245 g/mol. The standard InChI is InChI=1S/C6H12N4.C2H5NO.C2H6O/c1-7-2-9-4-8(1)5-10(3-7)6-9;1-2(3)4;1-2-3/h1-6H2;1H3,(H2,3,4);3H,2H2,1H3. The Kier molecular flexibility index (Phi) is 5.79. The van der Waals surface area contributed by atoms with Gasteiger partial charge in [0.05, 0.1) is 40.0 Å². The molecule has 0 aromatic rings. The van der Waals surface area contributed by atoms with Crippen molar-refractivity contribution in [3.8, 4) is 0 Å². The Morgan fingerprint density at radius 1 is 1.00 bits per heavy atom. The molecule has 0 atom stereocenters. The second-order valence-electron chi connectivity index (χ2n) is 4.46. The fourth-order valence-electron chi connectivity index (χ4n) is 2.23. The molecule has 1 amide bonds. The first-order valence-electron chi connectivity index (χ1n) is 5.81. The Morgan fingerprint density at radius 3 is 1.24 bits per heavy atom. The number of primary amides is 1. The van der Waals surface area contributed by atoms with Gasteiger partial charge < -0.3 is 10.8 Å². The molecule has 0 aromatic carbocycles. The smallest absolute Gasteiger partial charge is 0.214 e. The number of aliphatic hydroxyl groups is 1. The van der Waals surface area contributed by atoms with Crippen molar-refractivity contribution in [2.45, 2.75) is 13.8 Å². The summed E-state index contributed by atoms with van der Waals surface area (Å²) in [6, 6.07) is 0. The Balaban J connectivity index is 0.000000177. The van der Waals surface area contributed by atoms with Crippen LogP contribution in [0.15, 0.2) is 0 Å². The van der Waals surface area contributed by atoms with E-state index in [0.717, 1.165) is 0 Å². The summed E-state index contributed by atoms with van der Waals surface area (Å²) in [5.41, 5.74) is 4.47. The number of hydrogen-bond acceptors (Lipinski definition) is 6. The van der Waals surface area contributed by atoms with Crippen LogP contribution in [0.1, 0.15) is 13.8 Å². The molecule has 0 radical (unpaired) electrons. The number of rotatable bonds is 0. The van der Waals surface area contributed by atoms with Gasteiger partial charge in [-0.3, -0.25) is 24.4 Å². The number of carbonyl (C=O) groups is 1. The van der Waals surface area contributed by atoms with E-state index in [1.54, 1.807) is 6.92 Å². The predicted octanol–water partition coefficient (Wildman–Crippen LogP) is -1.53. The number of nitrogens with zero attached hydrogens (tertiary/aromatic N) is 4. The first-order chi connectivity index (χ1) is 8.05. The summed E-state index contributed by atoms with van der Waals surface area (Å²) in [4.78, 5) is 19.1. The molecule has 4 heterocycles. The van der Waals surface area contributed by atoms with Crippen LogP contribution in [0.5, 0.6) is 0 Å². The third-order valence-electron chi connectivity index (χ3n) is 2.40. The fraction of sp³-hybridized carbons (Fsp3) is 0.900. The molecule has 4 rings (SSSR count). The summed E-state index contributed by atoms with van der Waals surface area (Å²) >= 11 is 0. The van der Waals surface area contributed by atoms with Crippen molar-refractivity contribution in [1.82, 2.24) is 19.6 Å². The molecule has 4 bridgehead atoms. The zero-order valence-corrected chi connectivity index (χ0v) is 10.7. The number of carbonyl (C=O) groups excluding carboxylic acids is 1. The van der Waals surface area contributed by atoms with Crippen LogP contribution in [0.3, 0.4) is 0 Å². The first-order valence-corrected chi connectivity index (χ1v) is 5.81. The van der Waals surface area contributed by atoms with Crippen LogP contribution in [-0.4, -0.2) is 77.2 Å². The van der Waals surface area contributed by atoms with E-state index < -0.39 is 0 Å². The van der Waals surface area contributed by atoms with E-state index in [4.69, 9.17) is 5.11 Å². The van der Waals surface area contributed by atoms with Gasteiger partial charge in [0.1, 0.15) is 0 Å². The summed E-state index contributed by atoms with van der Waals surface area (Å²) in [6.45, 7) is 10.4. The highest BCUT2D eigenvalue weighted by Crippen LogP contribution is 2.20. The number of hydrogen-bond donors (Lipinski definition) is 2. The summed E-state index contributed by atoms with van der Waals surface area (Å²) in [7, 11) is 0. The van der Waals surface area contributed by atoms with Crippen LogP contribution >= 0.6 is 0 Å². The molecule has 17 heavy (non-hydrogen) atoms. The molecule has 7 nitrogen and oxygen atoms in total. The lowest BCUT2D eigenvalue weighted by atomic mass is 10.4. The van der Waals surface area contributed by atoms with E-state index in [0.29, 0.717) is 0 Å². The van der Waals surface area contributed by atoms with Gasteiger partial charge in [0.25, 0.3) is 0 Å². The monoisotopic (exact) mass is 245 g/mol. The lowest BCUT2D eigenvalue weighted by Gasteiger charge is -2.56. The van der Waals surface area contributed by atoms with Crippen LogP contribution < -0.4 is 5.73 Å². The second kappa shape index (κ2) is 6.87. The van der Waals surface area contributed by atoms with Crippen LogP contribution in [0.25, 0.3) is 0 Å². The lowest BCUT2D eigenvalue weighted by Crippen LogP contribution is -2.71. The fourth-order valence-corrected chi connectivity index (χ4v) is 2.23. The van der Waals surface area contributed by atoms with Gasteiger partial charge in [-0.15, -0.1) is 0 Å². The van der Waals surface area contributed by atoms with Gasteiger partial charge in [-0.05, 0) is 6.92 Å². The van der Waals surface area contributed by atoms with Gasteiger partial charge in [0.2, 0.25) is 5.91 Å². The van der Waals surface area contributed by atoms with Gasteiger partial charge in [-0.2, -0.15) is 0 Å². The number of aliphatic hydroxyl groups excluding tert-OH is 1. The maximum absolute atomic E-state index is 9.22. The highest BCUT2D eigenvalue weighted by atomic mass is 16.2. The highest BCUT2D eigenvalue weighted by Gasteiger charge is 2.36. The van der Waals surface area contributed by atoms with Crippen LogP contribution in [0.2, 0.25) is 0 Å². The molecule has 4 saturated heterocycles. The zero-order chi connectivity index (χ0) is 12.8. The maximum Gasteiger partial charge on any atom is 0.214 e. The SMILES string of the molecule is C1N2CN3CN1CN(C2)C3.CC(N)=O.CCO. The molecule has 4 aliphatic heterocycles. The van der Waals surface area contributed by atoms with E-state index in [1.807, 2.05) is 0 Å². The van der Waals surface area contributed by atoms with Crippen molar-refractivity contribution in [1.29, 1.82) is 0 Å². The number of amides is 1. The summed E-state index contributed by atoms with van der Waals surface area (Å²) < 4.78 is 0. The summed E-state index contributed by atoms with van der Waals surface area (Å²) in [5.74, 6) is -0.333. The molecule has 0 aliphatic carbocycles. The van der Waals surface area contributed by atoms with E-state index in [9.17, 15) is 4.79 Å². The predicted molar refractivity (Wildman–Crippen MR) is 64.2 cm³/mol. The Morgan fingerprint density at radius 2 is 1.12 bits per heavy atom. The van der Waals surface area contributed by atoms with Crippen molar-refractivity contribution in [2.24, 2.45) is 5.73 Å². The van der Waals surface area contributed by atoms with Crippen molar-refractivity contribution >= 4 is 5.91 Å². The van der Waals surface area contributed by atoms with E-state index in [-0.39, 0.29) is 12.5 Å². The second-order valence-corrected chi connectivity index (χ2v) is 4.46. The van der Waals surface area contributed by atoms with Crippen molar-refractivity contribution in [3.63, 3.8) is 0 Å². The summed E-state index contributed by atoms with van der Waals surface area (Å²) in [5, 5.41) is 7.57. The van der Waals surface area contributed by atoms with Gasteiger partial charge in [-0.25, -0.2) is 0 Å². The minimum atomic E-state index is -0.333. The molecule has 0 spiro atoms. The first kappa shape index (κ1) is 14.3. The third-order valence-corrected chi connectivity index (χ3v) is 2.40. The lowest BCUT2D eigenvalue weighted by molar-refractivity contribution is -0.194. The van der Waals surface area contributed by atoms with Gasteiger partial charge in [-0.1, -0.05) is 0 Å². The van der Waals surface area contributed by atoms with E-state index in [2.05, 4.69) is 25.3 Å². The normalized spacial score (nSPS) is 36.4. The minimum absolute atomic E-state index is 0.250.